The summed E-state index contributed by atoms with van der Waals surface area (Å²) in [5.74, 6) is 0.764. The van der Waals surface area contributed by atoms with E-state index in [4.69, 9.17) is 16.3 Å². The minimum Gasteiger partial charge on any atom is -0.496 e. The number of nitrogens with one attached hydrogen (secondary N) is 2. The number of methoxy groups -OCH3 is 1. The van der Waals surface area contributed by atoms with E-state index >= 15 is 0 Å². The molecule has 7 nitrogen and oxygen atoms in total. The molecule has 2 heterocycles. The number of halogens is 1. The average molecular weight is 380 g/mol. The van der Waals surface area contributed by atoms with Crippen LogP contribution < -0.4 is 15.4 Å². The van der Waals surface area contributed by atoms with Crippen molar-refractivity contribution in [1.82, 2.24) is 15.5 Å². The lowest BCUT2D eigenvalue weighted by atomic mass is 9.88. The van der Waals surface area contributed by atoms with Crippen LogP contribution in [0.4, 0.5) is 4.79 Å². The van der Waals surface area contributed by atoms with Crippen molar-refractivity contribution in [3.05, 3.63) is 28.8 Å². The van der Waals surface area contributed by atoms with E-state index in [1.54, 1.807) is 13.2 Å². The molecule has 2 N–H and O–H groups in total. The zero-order chi connectivity index (χ0) is 18.7. The molecular formula is C18H22ClN3O4. The number of hydrogen-bond acceptors (Lipinski definition) is 4. The maximum atomic E-state index is 12.4. The second-order valence-corrected chi connectivity index (χ2v) is 7.03. The van der Waals surface area contributed by atoms with Crippen molar-refractivity contribution in [1.29, 1.82) is 0 Å². The van der Waals surface area contributed by atoms with Crippen LogP contribution in [-0.4, -0.2) is 49.0 Å². The van der Waals surface area contributed by atoms with Gasteiger partial charge in [0.1, 0.15) is 11.8 Å². The zero-order valence-electron chi connectivity index (χ0n) is 14.6. The molecule has 4 amide bonds. The Hall–Kier alpha value is -2.28. The van der Waals surface area contributed by atoms with Gasteiger partial charge >= 0.3 is 6.03 Å². The molecule has 2 fully saturated rings. The van der Waals surface area contributed by atoms with E-state index in [1.807, 2.05) is 17.0 Å². The van der Waals surface area contributed by atoms with Gasteiger partial charge in [0.15, 0.2) is 0 Å². The van der Waals surface area contributed by atoms with E-state index in [9.17, 15) is 14.4 Å². The molecule has 1 aromatic rings. The molecular weight excluding hydrogens is 358 g/mol. The fourth-order valence-electron chi connectivity index (χ4n) is 3.55. The molecule has 2 aliphatic heterocycles. The van der Waals surface area contributed by atoms with Crippen LogP contribution in [0.25, 0.3) is 0 Å². The fraction of sp³-hybridized carbons (Fsp3) is 0.500. The van der Waals surface area contributed by atoms with Gasteiger partial charge in [0.25, 0.3) is 5.91 Å². The Morgan fingerprint density at radius 3 is 2.65 bits per heavy atom. The van der Waals surface area contributed by atoms with E-state index in [-0.39, 0.29) is 18.2 Å². The second-order valence-electron chi connectivity index (χ2n) is 6.60. The van der Waals surface area contributed by atoms with Crippen LogP contribution in [0.2, 0.25) is 5.02 Å². The predicted octanol–water partition coefficient (Wildman–Crippen LogP) is 2.04. The Labute approximate surface area is 157 Å². The van der Waals surface area contributed by atoms with Gasteiger partial charge in [-0.1, -0.05) is 11.6 Å². The predicted molar refractivity (Wildman–Crippen MR) is 96.3 cm³/mol. The molecule has 3 rings (SSSR count). The van der Waals surface area contributed by atoms with E-state index < -0.39 is 12.1 Å². The topological polar surface area (TPSA) is 87.7 Å². The number of rotatable bonds is 5. The molecule has 2 aliphatic rings. The number of likely N-dealkylation sites (tertiary alicyclic amines) is 1. The molecule has 0 spiro atoms. The number of hydrogen-bond donors (Lipinski definition) is 2. The SMILES string of the molecule is COc1ccc(Cl)cc1C1CCN(C(=O)CC[C@H]2NC(=O)NC2=O)CC1. The lowest BCUT2D eigenvalue weighted by Gasteiger charge is -2.33. The second kappa shape index (κ2) is 7.95. The van der Waals surface area contributed by atoms with Gasteiger partial charge < -0.3 is 15.0 Å². The third-order valence-corrected chi connectivity index (χ3v) is 5.22. The summed E-state index contributed by atoms with van der Waals surface area (Å²) in [5, 5.41) is 5.36. The Kier molecular flexibility index (Phi) is 5.66. The first kappa shape index (κ1) is 18.5. The Bertz CT molecular complexity index is 716. The Balaban J connectivity index is 1.52. The minimum atomic E-state index is -0.611. The lowest BCUT2D eigenvalue weighted by Crippen LogP contribution is -2.39. The van der Waals surface area contributed by atoms with Crippen LogP contribution in [0.5, 0.6) is 5.75 Å². The zero-order valence-corrected chi connectivity index (χ0v) is 15.3. The fourth-order valence-corrected chi connectivity index (χ4v) is 3.73. The largest absolute Gasteiger partial charge is 0.496 e. The number of carbonyl (C=O) groups is 3. The van der Waals surface area contributed by atoms with Crippen LogP contribution in [-0.2, 0) is 9.59 Å². The Morgan fingerprint density at radius 2 is 2.04 bits per heavy atom. The van der Waals surface area contributed by atoms with Gasteiger partial charge in [-0.2, -0.15) is 0 Å². The lowest BCUT2D eigenvalue weighted by molar-refractivity contribution is -0.132. The van der Waals surface area contributed by atoms with E-state index in [0.717, 1.165) is 24.2 Å². The number of amides is 4. The van der Waals surface area contributed by atoms with Crippen molar-refractivity contribution in [2.45, 2.75) is 37.6 Å². The van der Waals surface area contributed by atoms with Crippen LogP contribution >= 0.6 is 11.6 Å². The summed E-state index contributed by atoms with van der Waals surface area (Å²) < 4.78 is 5.43. The van der Waals surface area contributed by atoms with Crippen molar-refractivity contribution in [2.24, 2.45) is 0 Å². The van der Waals surface area contributed by atoms with Gasteiger partial charge in [-0.25, -0.2) is 4.79 Å². The summed E-state index contributed by atoms with van der Waals surface area (Å²) in [5.41, 5.74) is 1.08. The summed E-state index contributed by atoms with van der Waals surface area (Å²) >= 11 is 6.12. The highest BCUT2D eigenvalue weighted by Gasteiger charge is 2.31. The number of urea groups is 1. The summed E-state index contributed by atoms with van der Waals surface area (Å²) in [6.07, 6.45) is 2.23. The Morgan fingerprint density at radius 1 is 1.31 bits per heavy atom. The summed E-state index contributed by atoms with van der Waals surface area (Å²) in [6, 6.07) is 4.50. The van der Waals surface area contributed by atoms with Crippen LogP contribution in [0.15, 0.2) is 18.2 Å². The third-order valence-electron chi connectivity index (χ3n) is 4.98. The monoisotopic (exact) mass is 379 g/mol. The summed E-state index contributed by atoms with van der Waals surface area (Å²) in [6.45, 7) is 1.31. The molecule has 0 bridgehead atoms. The van der Waals surface area contributed by atoms with Crippen LogP contribution in [0.1, 0.15) is 37.2 Å². The van der Waals surface area contributed by atoms with Gasteiger partial charge in [-0.15, -0.1) is 0 Å². The number of ether oxygens (including phenoxy) is 1. The molecule has 8 heteroatoms. The highest BCUT2D eigenvalue weighted by molar-refractivity contribution is 6.30. The van der Waals surface area contributed by atoms with E-state index in [0.29, 0.717) is 30.5 Å². The number of carbonyl (C=O) groups excluding carboxylic acids is 3. The molecule has 0 aliphatic carbocycles. The number of nitrogens with zero attached hydrogens (tertiary/aromatic N) is 1. The molecule has 1 aromatic carbocycles. The molecule has 26 heavy (non-hydrogen) atoms. The highest BCUT2D eigenvalue weighted by Crippen LogP contribution is 2.36. The maximum Gasteiger partial charge on any atom is 0.322 e. The normalized spacial score (nSPS) is 20.7. The third kappa shape index (κ3) is 4.09. The maximum absolute atomic E-state index is 12.4. The average Bonchev–Trinajstić information content (AvgIpc) is 2.97. The van der Waals surface area contributed by atoms with Crippen molar-refractivity contribution in [3.8, 4) is 5.75 Å². The minimum absolute atomic E-state index is 0.00968. The number of benzene rings is 1. The highest BCUT2D eigenvalue weighted by atomic mass is 35.5. The smallest absolute Gasteiger partial charge is 0.322 e. The van der Waals surface area contributed by atoms with Crippen molar-refractivity contribution < 1.29 is 19.1 Å². The van der Waals surface area contributed by atoms with E-state index in [1.165, 1.54) is 0 Å². The first-order chi connectivity index (χ1) is 12.5. The molecule has 0 unspecified atom stereocenters. The molecule has 0 saturated carbocycles. The van der Waals surface area contributed by atoms with Gasteiger partial charge in [-0.05, 0) is 48.9 Å². The van der Waals surface area contributed by atoms with Gasteiger partial charge in [0, 0.05) is 24.5 Å². The first-order valence-electron chi connectivity index (χ1n) is 8.70. The molecule has 0 aromatic heterocycles. The number of imide groups is 1. The van der Waals surface area contributed by atoms with Crippen molar-refractivity contribution >= 4 is 29.4 Å². The van der Waals surface area contributed by atoms with Gasteiger partial charge in [0.2, 0.25) is 5.91 Å². The standard InChI is InChI=1S/C18H22ClN3O4/c1-26-15-4-2-12(19)10-13(15)11-6-8-22(9-7-11)16(23)5-3-14-17(24)21-18(25)20-14/h2,4,10-11,14H,3,5-9H2,1H3,(H2,20,21,24,25)/t14-/m1/s1. The van der Waals surface area contributed by atoms with Gasteiger partial charge in [0.05, 0.1) is 7.11 Å². The van der Waals surface area contributed by atoms with Crippen molar-refractivity contribution in [3.63, 3.8) is 0 Å². The van der Waals surface area contributed by atoms with Crippen LogP contribution in [0.3, 0.4) is 0 Å². The van der Waals surface area contributed by atoms with Crippen LogP contribution in [0, 0.1) is 0 Å². The quantitative estimate of drug-likeness (QED) is 0.766. The summed E-state index contributed by atoms with van der Waals surface area (Å²) in [7, 11) is 1.64. The number of piperidine rings is 1. The van der Waals surface area contributed by atoms with Gasteiger partial charge in [-0.3, -0.25) is 14.9 Å². The van der Waals surface area contributed by atoms with Crippen molar-refractivity contribution in [2.75, 3.05) is 20.2 Å². The molecule has 2 saturated heterocycles. The molecule has 1 atom stereocenters. The molecule has 140 valence electrons. The van der Waals surface area contributed by atoms with E-state index in [2.05, 4.69) is 10.6 Å². The first-order valence-corrected chi connectivity index (χ1v) is 9.08. The molecule has 0 radical (unpaired) electrons. The summed E-state index contributed by atoms with van der Waals surface area (Å²) in [4.78, 5) is 36.8.